The molecule has 0 aliphatic carbocycles. The Hall–Kier alpha value is -2.36. The maximum atomic E-state index is 13.2. The number of methoxy groups -OCH3 is 1. The molecule has 0 fully saturated rings. The van der Waals surface area contributed by atoms with Crippen LogP contribution in [0.5, 0.6) is 5.75 Å². The molecule has 1 N–H and O–H groups in total. The molecule has 2 rings (SSSR count). The van der Waals surface area contributed by atoms with E-state index in [-0.39, 0.29) is 11.7 Å². The van der Waals surface area contributed by atoms with E-state index >= 15 is 0 Å². The third-order valence-corrected chi connectivity index (χ3v) is 3.43. The quantitative estimate of drug-likeness (QED) is 0.930. The van der Waals surface area contributed by atoms with Gasteiger partial charge in [0.05, 0.1) is 12.5 Å². The van der Waals surface area contributed by atoms with Gasteiger partial charge in [0, 0.05) is 11.3 Å². The van der Waals surface area contributed by atoms with Gasteiger partial charge in [0.15, 0.2) is 0 Å². The van der Waals surface area contributed by atoms with Crippen molar-refractivity contribution in [3.63, 3.8) is 0 Å². The summed E-state index contributed by atoms with van der Waals surface area (Å²) in [6.45, 7) is 3.61. The molecule has 0 spiro atoms. The third-order valence-electron chi connectivity index (χ3n) is 3.43. The highest BCUT2D eigenvalue weighted by molar-refractivity contribution is 5.99. The molecule has 21 heavy (non-hydrogen) atoms. The minimum Gasteiger partial charge on any atom is -0.496 e. The van der Waals surface area contributed by atoms with Crippen molar-refractivity contribution in [2.75, 3.05) is 12.4 Å². The first kappa shape index (κ1) is 15.0. The molecular weight excluding hydrogens is 269 g/mol. The zero-order valence-corrected chi connectivity index (χ0v) is 12.3. The van der Waals surface area contributed by atoms with E-state index in [9.17, 15) is 9.18 Å². The average Bonchev–Trinajstić information content (AvgIpc) is 2.47. The van der Waals surface area contributed by atoms with Crippen molar-refractivity contribution in [3.05, 3.63) is 59.9 Å². The largest absolute Gasteiger partial charge is 0.496 e. The summed E-state index contributed by atoms with van der Waals surface area (Å²) in [5.74, 6) is 0.0393. The number of nitrogens with one attached hydrogen (secondary N) is 1. The van der Waals surface area contributed by atoms with Gasteiger partial charge < -0.3 is 10.1 Å². The van der Waals surface area contributed by atoms with E-state index in [4.69, 9.17) is 4.74 Å². The fourth-order valence-corrected chi connectivity index (χ4v) is 2.14. The van der Waals surface area contributed by atoms with Gasteiger partial charge in [-0.3, -0.25) is 4.79 Å². The Morgan fingerprint density at radius 2 is 1.86 bits per heavy atom. The number of rotatable bonds is 4. The zero-order valence-electron chi connectivity index (χ0n) is 12.3. The van der Waals surface area contributed by atoms with Crippen LogP contribution in [0.1, 0.15) is 19.4 Å². The highest BCUT2D eigenvalue weighted by atomic mass is 19.1. The van der Waals surface area contributed by atoms with Crippen LogP contribution in [-0.2, 0) is 10.2 Å². The molecule has 0 aliphatic rings. The molecule has 4 heteroatoms. The topological polar surface area (TPSA) is 38.3 Å². The van der Waals surface area contributed by atoms with Crippen LogP contribution in [0.15, 0.2) is 48.5 Å². The van der Waals surface area contributed by atoms with Crippen LogP contribution >= 0.6 is 0 Å². The number of anilines is 1. The lowest BCUT2D eigenvalue weighted by molar-refractivity contribution is -0.120. The molecule has 0 aliphatic heterocycles. The number of para-hydroxylation sites is 1. The molecule has 2 aromatic carbocycles. The van der Waals surface area contributed by atoms with Gasteiger partial charge in [0.25, 0.3) is 0 Å². The fraction of sp³-hybridized carbons (Fsp3) is 0.235. The zero-order chi connectivity index (χ0) is 15.5. The van der Waals surface area contributed by atoms with Crippen molar-refractivity contribution in [1.82, 2.24) is 0 Å². The van der Waals surface area contributed by atoms with Gasteiger partial charge in [-0.05, 0) is 38.1 Å². The van der Waals surface area contributed by atoms with Gasteiger partial charge in [0.1, 0.15) is 11.6 Å². The van der Waals surface area contributed by atoms with Gasteiger partial charge >= 0.3 is 0 Å². The molecule has 1 amide bonds. The SMILES string of the molecule is COc1ccccc1C(C)(C)C(=O)Nc1cccc(F)c1. The summed E-state index contributed by atoms with van der Waals surface area (Å²) in [6.07, 6.45) is 0. The lowest BCUT2D eigenvalue weighted by Gasteiger charge is -2.26. The highest BCUT2D eigenvalue weighted by Crippen LogP contribution is 2.32. The van der Waals surface area contributed by atoms with Crippen LogP contribution in [0, 0.1) is 5.82 Å². The predicted octanol–water partition coefficient (Wildman–Crippen LogP) is 3.75. The Bertz CT molecular complexity index is 653. The molecular formula is C17H18FNO2. The Kier molecular flexibility index (Phi) is 4.26. The van der Waals surface area contributed by atoms with Crippen LogP contribution in [-0.4, -0.2) is 13.0 Å². The van der Waals surface area contributed by atoms with Crippen LogP contribution in [0.4, 0.5) is 10.1 Å². The summed E-state index contributed by atoms with van der Waals surface area (Å²) >= 11 is 0. The molecule has 0 unspecified atom stereocenters. The second-order valence-corrected chi connectivity index (χ2v) is 5.29. The summed E-state index contributed by atoms with van der Waals surface area (Å²) in [6, 6.07) is 13.2. The summed E-state index contributed by atoms with van der Waals surface area (Å²) in [7, 11) is 1.57. The van der Waals surface area contributed by atoms with E-state index in [1.165, 1.54) is 12.1 Å². The molecule has 3 nitrogen and oxygen atoms in total. The molecule has 0 aromatic heterocycles. The van der Waals surface area contributed by atoms with Crippen molar-refractivity contribution in [1.29, 1.82) is 0 Å². The number of ether oxygens (including phenoxy) is 1. The number of carbonyl (C=O) groups excluding carboxylic acids is 1. The molecule has 0 bridgehead atoms. The number of carbonyl (C=O) groups is 1. The number of hydrogen-bond donors (Lipinski definition) is 1. The number of halogens is 1. The molecule has 0 saturated carbocycles. The standard InChI is InChI=1S/C17H18FNO2/c1-17(2,14-9-4-5-10-15(14)21-3)16(20)19-13-8-6-7-12(18)11-13/h4-11H,1-3H3,(H,19,20). The van der Waals surface area contributed by atoms with Crippen molar-refractivity contribution in [3.8, 4) is 5.75 Å². The van der Waals surface area contributed by atoms with Crippen LogP contribution in [0.2, 0.25) is 0 Å². The maximum Gasteiger partial charge on any atom is 0.234 e. The molecule has 0 atom stereocenters. The molecule has 0 saturated heterocycles. The molecule has 0 heterocycles. The first-order valence-electron chi connectivity index (χ1n) is 6.65. The number of hydrogen-bond acceptors (Lipinski definition) is 2. The molecule has 2 aromatic rings. The van der Waals surface area contributed by atoms with Gasteiger partial charge in [-0.15, -0.1) is 0 Å². The van der Waals surface area contributed by atoms with E-state index in [0.717, 1.165) is 5.56 Å². The van der Waals surface area contributed by atoms with Crippen molar-refractivity contribution < 1.29 is 13.9 Å². The van der Waals surface area contributed by atoms with E-state index in [2.05, 4.69) is 5.32 Å². The number of benzene rings is 2. The monoisotopic (exact) mass is 287 g/mol. The second kappa shape index (κ2) is 5.95. The Balaban J connectivity index is 2.28. The Morgan fingerprint density at radius 1 is 1.14 bits per heavy atom. The lowest BCUT2D eigenvalue weighted by Crippen LogP contribution is -2.35. The van der Waals surface area contributed by atoms with Gasteiger partial charge in [0.2, 0.25) is 5.91 Å². The van der Waals surface area contributed by atoms with Crippen molar-refractivity contribution >= 4 is 11.6 Å². The van der Waals surface area contributed by atoms with Crippen LogP contribution < -0.4 is 10.1 Å². The fourth-order valence-electron chi connectivity index (χ4n) is 2.14. The molecule has 110 valence electrons. The van der Waals surface area contributed by atoms with Gasteiger partial charge in [-0.2, -0.15) is 0 Å². The van der Waals surface area contributed by atoms with E-state index < -0.39 is 5.41 Å². The normalized spacial score (nSPS) is 11.0. The second-order valence-electron chi connectivity index (χ2n) is 5.29. The van der Waals surface area contributed by atoms with Crippen molar-refractivity contribution in [2.45, 2.75) is 19.3 Å². The first-order chi connectivity index (χ1) is 9.95. The van der Waals surface area contributed by atoms with Crippen LogP contribution in [0.3, 0.4) is 0 Å². The van der Waals surface area contributed by atoms with E-state index in [1.54, 1.807) is 33.1 Å². The highest BCUT2D eigenvalue weighted by Gasteiger charge is 2.32. The summed E-state index contributed by atoms with van der Waals surface area (Å²) in [5.41, 5.74) is 0.406. The lowest BCUT2D eigenvalue weighted by atomic mass is 9.83. The van der Waals surface area contributed by atoms with Gasteiger partial charge in [-0.25, -0.2) is 4.39 Å². The summed E-state index contributed by atoms with van der Waals surface area (Å²) < 4.78 is 18.5. The summed E-state index contributed by atoms with van der Waals surface area (Å²) in [4.78, 5) is 12.5. The van der Waals surface area contributed by atoms with Gasteiger partial charge in [-0.1, -0.05) is 24.3 Å². The third kappa shape index (κ3) is 3.21. The van der Waals surface area contributed by atoms with Crippen molar-refractivity contribution in [2.24, 2.45) is 0 Å². The van der Waals surface area contributed by atoms with Crippen LogP contribution in [0.25, 0.3) is 0 Å². The Labute approximate surface area is 123 Å². The molecule has 0 radical (unpaired) electrons. The predicted molar refractivity (Wildman–Crippen MR) is 81.0 cm³/mol. The minimum atomic E-state index is -0.807. The average molecular weight is 287 g/mol. The van der Waals surface area contributed by atoms with E-state index in [1.807, 2.05) is 24.3 Å². The number of amides is 1. The first-order valence-corrected chi connectivity index (χ1v) is 6.65. The maximum absolute atomic E-state index is 13.2. The minimum absolute atomic E-state index is 0.224. The Morgan fingerprint density at radius 3 is 2.52 bits per heavy atom. The summed E-state index contributed by atoms with van der Waals surface area (Å²) in [5, 5.41) is 2.74. The smallest absolute Gasteiger partial charge is 0.234 e. The van der Waals surface area contributed by atoms with E-state index in [0.29, 0.717) is 11.4 Å².